The molecule has 0 saturated heterocycles. The zero-order valence-electron chi connectivity index (χ0n) is 7.41. The van der Waals surface area contributed by atoms with Crippen LogP contribution >= 0.6 is 0 Å². The molecule has 12 heavy (non-hydrogen) atoms. The minimum Gasteiger partial charge on any atom is -0.384 e. The standard InChI is InChI=1S/C10H13NO/c1-4-10(12)9-5-7(2)11-8(3)6-9/h4-6,10,12H,1H2,2-3H3. The minimum atomic E-state index is -0.578. The van der Waals surface area contributed by atoms with Crippen LogP contribution in [0.5, 0.6) is 0 Å². The van der Waals surface area contributed by atoms with Crippen molar-refractivity contribution in [2.75, 3.05) is 0 Å². The van der Waals surface area contributed by atoms with Gasteiger partial charge in [-0.05, 0) is 31.5 Å². The third-order valence-electron chi connectivity index (χ3n) is 1.67. The highest BCUT2D eigenvalue weighted by atomic mass is 16.3. The third kappa shape index (κ3) is 1.92. The molecular formula is C10H13NO. The largest absolute Gasteiger partial charge is 0.384 e. The van der Waals surface area contributed by atoms with E-state index in [4.69, 9.17) is 0 Å². The van der Waals surface area contributed by atoms with Crippen molar-refractivity contribution in [1.29, 1.82) is 0 Å². The molecule has 0 bridgehead atoms. The second-order valence-electron chi connectivity index (χ2n) is 2.86. The molecule has 1 aromatic rings. The fourth-order valence-corrected chi connectivity index (χ4v) is 1.17. The van der Waals surface area contributed by atoms with E-state index in [1.54, 1.807) is 0 Å². The zero-order valence-corrected chi connectivity index (χ0v) is 7.41. The maximum Gasteiger partial charge on any atom is 0.0970 e. The van der Waals surface area contributed by atoms with E-state index >= 15 is 0 Å². The predicted molar refractivity (Wildman–Crippen MR) is 48.9 cm³/mol. The lowest BCUT2D eigenvalue weighted by molar-refractivity contribution is 0.229. The minimum absolute atomic E-state index is 0.578. The van der Waals surface area contributed by atoms with Crippen LogP contribution in [0, 0.1) is 13.8 Å². The maximum absolute atomic E-state index is 9.43. The molecule has 0 radical (unpaired) electrons. The second-order valence-corrected chi connectivity index (χ2v) is 2.86. The Morgan fingerprint density at radius 2 is 1.92 bits per heavy atom. The van der Waals surface area contributed by atoms with Gasteiger partial charge in [-0.2, -0.15) is 0 Å². The first-order valence-corrected chi connectivity index (χ1v) is 3.89. The molecule has 1 aromatic heterocycles. The summed E-state index contributed by atoms with van der Waals surface area (Å²) >= 11 is 0. The lowest BCUT2D eigenvalue weighted by Gasteiger charge is -2.06. The molecule has 1 rings (SSSR count). The molecule has 0 amide bonds. The van der Waals surface area contributed by atoms with E-state index in [0.717, 1.165) is 17.0 Å². The highest BCUT2D eigenvalue weighted by Crippen LogP contribution is 2.14. The second kappa shape index (κ2) is 3.50. The number of nitrogens with zero attached hydrogens (tertiary/aromatic N) is 1. The molecule has 2 nitrogen and oxygen atoms in total. The lowest BCUT2D eigenvalue weighted by atomic mass is 10.1. The smallest absolute Gasteiger partial charge is 0.0970 e. The Hall–Kier alpha value is -1.15. The number of rotatable bonds is 2. The fourth-order valence-electron chi connectivity index (χ4n) is 1.17. The Morgan fingerprint density at radius 1 is 1.42 bits per heavy atom. The number of hydrogen-bond donors (Lipinski definition) is 1. The van der Waals surface area contributed by atoms with Gasteiger partial charge in [0.1, 0.15) is 0 Å². The summed E-state index contributed by atoms with van der Waals surface area (Å²) in [5.74, 6) is 0. The first-order valence-electron chi connectivity index (χ1n) is 3.89. The molecule has 1 unspecified atom stereocenters. The zero-order chi connectivity index (χ0) is 9.14. The summed E-state index contributed by atoms with van der Waals surface area (Å²) in [5, 5.41) is 9.43. The summed E-state index contributed by atoms with van der Waals surface area (Å²) in [5.41, 5.74) is 2.70. The van der Waals surface area contributed by atoms with Crippen molar-refractivity contribution < 1.29 is 5.11 Å². The number of aliphatic hydroxyl groups is 1. The van der Waals surface area contributed by atoms with Gasteiger partial charge < -0.3 is 5.11 Å². The molecule has 0 fully saturated rings. The van der Waals surface area contributed by atoms with E-state index < -0.39 is 6.10 Å². The van der Waals surface area contributed by atoms with Gasteiger partial charge in [-0.1, -0.05) is 6.08 Å². The van der Waals surface area contributed by atoms with Crippen LogP contribution in [0.1, 0.15) is 23.1 Å². The third-order valence-corrected chi connectivity index (χ3v) is 1.67. The van der Waals surface area contributed by atoms with Crippen molar-refractivity contribution in [3.05, 3.63) is 41.7 Å². The Labute approximate surface area is 72.6 Å². The molecule has 64 valence electrons. The Morgan fingerprint density at radius 3 is 2.33 bits per heavy atom. The Balaban J connectivity index is 3.08. The normalized spacial score (nSPS) is 12.6. The molecule has 1 atom stereocenters. The van der Waals surface area contributed by atoms with Crippen LogP contribution in [-0.4, -0.2) is 10.1 Å². The number of aryl methyl sites for hydroxylation is 2. The van der Waals surface area contributed by atoms with E-state index in [1.807, 2.05) is 26.0 Å². The fraction of sp³-hybridized carbons (Fsp3) is 0.300. The quantitative estimate of drug-likeness (QED) is 0.676. The molecule has 0 aliphatic carbocycles. The van der Waals surface area contributed by atoms with Crippen LogP contribution in [0.25, 0.3) is 0 Å². The Bertz CT molecular complexity index is 274. The number of aliphatic hydroxyl groups excluding tert-OH is 1. The highest BCUT2D eigenvalue weighted by molar-refractivity contribution is 5.24. The van der Waals surface area contributed by atoms with E-state index in [0.29, 0.717) is 0 Å². The maximum atomic E-state index is 9.43. The topological polar surface area (TPSA) is 33.1 Å². The van der Waals surface area contributed by atoms with Gasteiger partial charge in [0.2, 0.25) is 0 Å². The van der Waals surface area contributed by atoms with Crippen molar-refractivity contribution in [1.82, 2.24) is 4.98 Å². The average molecular weight is 163 g/mol. The molecule has 0 aromatic carbocycles. The van der Waals surface area contributed by atoms with Crippen LogP contribution in [-0.2, 0) is 0 Å². The van der Waals surface area contributed by atoms with Gasteiger partial charge in [-0.15, -0.1) is 6.58 Å². The van der Waals surface area contributed by atoms with Crippen LogP contribution < -0.4 is 0 Å². The molecule has 1 heterocycles. The van der Waals surface area contributed by atoms with Gasteiger partial charge in [-0.3, -0.25) is 4.98 Å². The van der Waals surface area contributed by atoms with E-state index in [-0.39, 0.29) is 0 Å². The van der Waals surface area contributed by atoms with Crippen LogP contribution in [0.15, 0.2) is 24.8 Å². The van der Waals surface area contributed by atoms with E-state index in [2.05, 4.69) is 11.6 Å². The van der Waals surface area contributed by atoms with E-state index in [1.165, 1.54) is 6.08 Å². The summed E-state index contributed by atoms with van der Waals surface area (Å²) in [6, 6.07) is 3.72. The first kappa shape index (κ1) is 8.94. The Kier molecular flexibility index (Phi) is 2.61. The summed E-state index contributed by atoms with van der Waals surface area (Å²) in [6.45, 7) is 7.34. The van der Waals surface area contributed by atoms with Gasteiger partial charge in [0, 0.05) is 11.4 Å². The summed E-state index contributed by atoms with van der Waals surface area (Å²) < 4.78 is 0. The van der Waals surface area contributed by atoms with Gasteiger partial charge >= 0.3 is 0 Å². The first-order chi connectivity index (χ1) is 5.63. The van der Waals surface area contributed by atoms with Gasteiger partial charge in [0.05, 0.1) is 6.10 Å². The molecular weight excluding hydrogens is 150 g/mol. The van der Waals surface area contributed by atoms with Crippen LogP contribution in [0.4, 0.5) is 0 Å². The highest BCUT2D eigenvalue weighted by Gasteiger charge is 2.03. The molecule has 0 aliphatic rings. The molecule has 2 heteroatoms. The SMILES string of the molecule is C=CC(O)c1cc(C)nc(C)c1. The van der Waals surface area contributed by atoms with Crippen molar-refractivity contribution in [2.45, 2.75) is 20.0 Å². The summed E-state index contributed by atoms with van der Waals surface area (Å²) in [4.78, 5) is 4.21. The van der Waals surface area contributed by atoms with E-state index in [9.17, 15) is 5.11 Å². The van der Waals surface area contributed by atoms with Crippen molar-refractivity contribution in [3.8, 4) is 0 Å². The van der Waals surface area contributed by atoms with Gasteiger partial charge in [0.25, 0.3) is 0 Å². The van der Waals surface area contributed by atoms with Crippen molar-refractivity contribution >= 4 is 0 Å². The van der Waals surface area contributed by atoms with Crippen molar-refractivity contribution in [3.63, 3.8) is 0 Å². The van der Waals surface area contributed by atoms with Gasteiger partial charge in [-0.25, -0.2) is 0 Å². The number of aromatic nitrogens is 1. The lowest BCUT2D eigenvalue weighted by Crippen LogP contribution is -1.96. The summed E-state index contributed by atoms with van der Waals surface area (Å²) in [6.07, 6.45) is 0.930. The average Bonchev–Trinajstić information content (AvgIpc) is 2.01. The molecule has 0 aliphatic heterocycles. The van der Waals surface area contributed by atoms with Crippen LogP contribution in [0.2, 0.25) is 0 Å². The molecule has 1 N–H and O–H groups in total. The number of pyridine rings is 1. The van der Waals surface area contributed by atoms with Crippen molar-refractivity contribution in [2.24, 2.45) is 0 Å². The predicted octanol–water partition coefficient (Wildman–Crippen LogP) is 1.92. The van der Waals surface area contributed by atoms with Gasteiger partial charge in [0.15, 0.2) is 0 Å². The molecule has 0 spiro atoms. The monoisotopic (exact) mass is 163 g/mol. The summed E-state index contributed by atoms with van der Waals surface area (Å²) in [7, 11) is 0. The number of hydrogen-bond acceptors (Lipinski definition) is 2. The molecule has 0 saturated carbocycles. The van der Waals surface area contributed by atoms with Crippen LogP contribution in [0.3, 0.4) is 0 Å².